The number of aliphatic carboxylic acids is 1. The van der Waals surface area contributed by atoms with Gasteiger partial charge in [0.1, 0.15) is 5.75 Å². The number of ether oxygens (including phenoxy) is 2. The minimum Gasteiger partial charge on any atom is -0.482 e. The van der Waals surface area contributed by atoms with Gasteiger partial charge in [-0.2, -0.15) is 0 Å². The number of carboxylic acid groups (broad SMARTS) is 1. The van der Waals surface area contributed by atoms with Crippen molar-refractivity contribution in [2.45, 2.75) is 19.4 Å². The number of carboxylic acids is 1. The molecule has 1 N–H and O–H groups in total. The summed E-state index contributed by atoms with van der Waals surface area (Å²) in [6.45, 7) is 1.06. The number of carbonyl (C=O) groups is 1. The van der Waals surface area contributed by atoms with E-state index in [9.17, 15) is 4.79 Å². The van der Waals surface area contributed by atoms with Gasteiger partial charge in [-0.1, -0.05) is 12.1 Å². The second-order valence-electron chi connectivity index (χ2n) is 4.29. The van der Waals surface area contributed by atoms with Crippen molar-refractivity contribution in [1.29, 1.82) is 0 Å². The van der Waals surface area contributed by atoms with Crippen LogP contribution in [-0.4, -0.2) is 24.3 Å². The Morgan fingerprint density at radius 3 is 2.94 bits per heavy atom. The lowest BCUT2D eigenvalue weighted by Gasteiger charge is -2.06. The molecule has 0 spiro atoms. The molecule has 0 aromatic heterocycles. The summed E-state index contributed by atoms with van der Waals surface area (Å²) >= 11 is 0. The standard InChI is InChI=1S/C13H16O4/c14-13(15)9-17-12-3-1-2-11(6-12)8-16-7-10-4-5-10/h1-3,6,10H,4-5,7-9H2,(H,14,15). The Kier molecular flexibility index (Phi) is 3.98. The van der Waals surface area contributed by atoms with Crippen LogP contribution in [0, 0.1) is 5.92 Å². The maximum Gasteiger partial charge on any atom is 0.341 e. The summed E-state index contributed by atoms with van der Waals surface area (Å²) in [5, 5.41) is 8.50. The maximum absolute atomic E-state index is 10.4. The fraction of sp³-hybridized carbons (Fsp3) is 0.462. The lowest BCUT2D eigenvalue weighted by molar-refractivity contribution is -0.139. The van der Waals surface area contributed by atoms with E-state index in [-0.39, 0.29) is 6.61 Å². The SMILES string of the molecule is O=C(O)COc1cccc(COCC2CC2)c1. The molecule has 0 aliphatic heterocycles. The highest BCUT2D eigenvalue weighted by molar-refractivity contribution is 5.68. The van der Waals surface area contributed by atoms with Gasteiger partial charge in [0.05, 0.1) is 6.61 Å². The van der Waals surface area contributed by atoms with Gasteiger partial charge in [-0.25, -0.2) is 4.79 Å². The van der Waals surface area contributed by atoms with Gasteiger partial charge in [-0.3, -0.25) is 0 Å². The van der Waals surface area contributed by atoms with Crippen LogP contribution < -0.4 is 4.74 Å². The van der Waals surface area contributed by atoms with Crippen molar-refractivity contribution in [3.8, 4) is 5.75 Å². The van der Waals surface area contributed by atoms with Gasteiger partial charge < -0.3 is 14.6 Å². The predicted molar refractivity (Wildman–Crippen MR) is 62.0 cm³/mol. The molecule has 1 aromatic rings. The summed E-state index contributed by atoms with van der Waals surface area (Å²) in [6.07, 6.45) is 2.56. The van der Waals surface area contributed by atoms with Crippen LogP contribution >= 0.6 is 0 Å². The zero-order valence-corrected chi connectivity index (χ0v) is 9.59. The molecule has 4 nitrogen and oxygen atoms in total. The number of rotatable bonds is 7. The minimum atomic E-state index is -0.972. The monoisotopic (exact) mass is 236 g/mol. The van der Waals surface area contributed by atoms with Crippen molar-refractivity contribution in [2.24, 2.45) is 5.92 Å². The van der Waals surface area contributed by atoms with Crippen LogP contribution in [0.5, 0.6) is 5.75 Å². The van der Waals surface area contributed by atoms with E-state index in [1.807, 2.05) is 18.2 Å². The van der Waals surface area contributed by atoms with Crippen LogP contribution in [0.3, 0.4) is 0 Å². The van der Waals surface area contributed by atoms with Gasteiger partial charge in [-0.05, 0) is 36.5 Å². The van der Waals surface area contributed by atoms with Gasteiger partial charge in [0.25, 0.3) is 0 Å². The summed E-state index contributed by atoms with van der Waals surface area (Å²) in [6, 6.07) is 7.34. The first-order valence-corrected chi connectivity index (χ1v) is 5.75. The van der Waals surface area contributed by atoms with E-state index in [0.29, 0.717) is 12.4 Å². The Morgan fingerprint density at radius 2 is 2.24 bits per heavy atom. The first-order chi connectivity index (χ1) is 8.24. The second-order valence-corrected chi connectivity index (χ2v) is 4.29. The third kappa shape index (κ3) is 4.44. The topological polar surface area (TPSA) is 55.8 Å². The first-order valence-electron chi connectivity index (χ1n) is 5.75. The summed E-state index contributed by atoms with van der Waals surface area (Å²) in [4.78, 5) is 10.4. The zero-order valence-electron chi connectivity index (χ0n) is 9.59. The molecule has 1 fully saturated rings. The van der Waals surface area contributed by atoms with Gasteiger partial charge in [-0.15, -0.1) is 0 Å². The molecule has 0 saturated heterocycles. The van der Waals surface area contributed by atoms with Crippen molar-refractivity contribution in [3.63, 3.8) is 0 Å². The van der Waals surface area contributed by atoms with Gasteiger partial charge in [0, 0.05) is 6.61 Å². The first kappa shape index (κ1) is 11.9. The average molecular weight is 236 g/mol. The van der Waals surface area contributed by atoms with E-state index < -0.39 is 5.97 Å². The highest BCUT2D eigenvalue weighted by atomic mass is 16.5. The van der Waals surface area contributed by atoms with Crippen molar-refractivity contribution in [3.05, 3.63) is 29.8 Å². The lowest BCUT2D eigenvalue weighted by atomic mass is 10.2. The predicted octanol–water partition coefficient (Wildman–Crippen LogP) is 2.08. The smallest absolute Gasteiger partial charge is 0.341 e. The molecule has 0 heterocycles. The summed E-state index contributed by atoms with van der Waals surface area (Å²) in [5.41, 5.74) is 1.01. The molecule has 1 saturated carbocycles. The third-order valence-corrected chi connectivity index (χ3v) is 2.58. The summed E-state index contributed by atoms with van der Waals surface area (Å²) in [7, 11) is 0. The van der Waals surface area contributed by atoms with Crippen LogP contribution in [-0.2, 0) is 16.1 Å². The fourth-order valence-electron chi connectivity index (χ4n) is 1.50. The minimum absolute atomic E-state index is 0.313. The molecular weight excluding hydrogens is 220 g/mol. The Balaban J connectivity index is 1.79. The summed E-state index contributed by atoms with van der Waals surface area (Å²) < 4.78 is 10.6. The fourth-order valence-corrected chi connectivity index (χ4v) is 1.50. The Morgan fingerprint density at radius 1 is 1.41 bits per heavy atom. The van der Waals surface area contributed by atoms with Crippen molar-refractivity contribution >= 4 is 5.97 Å². The van der Waals surface area contributed by atoms with Crippen molar-refractivity contribution in [2.75, 3.05) is 13.2 Å². The van der Waals surface area contributed by atoms with E-state index in [1.54, 1.807) is 6.07 Å². The van der Waals surface area contributed by atoms with Gasteiger partial charge in [0.15, 0.2) is 6.61 Å². The van der Waals surface area contributed by atoms with Crippen LogP contribution in [0.1, 0.15) is 18.4 Å². The second kappa shape index (κ2) is 5.68. The molecule has 92 valence electrons. The van der Waals surface area contributed by atoms with E-state index in [1.165, 1.54) is 12.8 Å². The molecule has 1 aromatic carbocycles. The van der Waals surface area contributed by atoms with Gasteiger partial charge >= 0.3 is 5.97 Å². The number of hydrogen-bond acceptors (Lipinski definition) is 3. The van der Waals surface area contributed by atoms with Crippen LogP contribution in [0.2, 0.25) is 0 Å². The number of benzene rings is 1. The van der Waals surface area contributed by atoms with E-state index >= 15 is 0 Å². The van der Waals surface area contributed by atoms with E-state index in [0.717, 1.165) is 18.1 Å². The van der Waals surface area contributed by atoms with Crippen molar-refractivity contribution < 1.29 is 19.4 Å². The molecule has 1 aliphatic rings. The maximum atomic E-state index is 10.4. The molecule has 0 amide bonds. The van der Waals surface area contributed by atoms with E-state index in [2.05, 4.69) is 0 Å². The molecule has 0 unspecified atom stereocenters. The Bertz CT molecular complexity index is 385. The molecule has 4 heteroatoms. The number of hydrogen-bond donors (Lipinski definition) is 1. The molecular formula is C13H16O4. The molecule has 0 radical (unpaired) electrons. The molecule has 1 aliphatic carbocycles. The quantitative estimate of drug-likeness (QED) is 0.787. The Labute approximate surface area is 100 Å². The average Bonchev–Trinajstić information content (AvgIpc) is 3.11. The Hall–Kier alpha value is -1.55. The molecule has 17 heavy (non-hydrogen) atoms. The van der Waals surface area contributed by atoms with Crippen molar-refractivity contribution in [1.82, 2.24) is 0 Å². The normalized spacial score (nSPS) is 14.6. The lowest BCUT2D eigenvalue weighted by Crippen LogP contribution is -2.09. The molecule has 0 bridgehead atoms. The van der Waals surface area contributed by atoms with Crippen LogP contribution in [0.4, 0.5) is 0 Å². The molecule has 0 atom stereocenters. The van der Waals surface area contributed by atoms with Crippen LogP contribution in [0.25, 0.3) is 0 Å². The summed E-state index contributed by atoms with van der Waals surface area (Å²) in [5.74, 6) is 0.349. The van der Waals surface area contributed by atoms with Crippen LogP contribution in [0.15, 0.2) is 24.3 Å². The van der Waals surface area contributed by atoms with E-state index in [4.69, 9.17) is 14.6 Å². The third-order valence-electron chi connectivity index (χ3n) is 2.58. The largest absolute Gasteiger partial charge is 0.482 e. The highest BCUT2D eigenvalue weighted by Gasteiger charge is 2.20. The highest BCUT2D eigenvalue weighted by Crippen LogP contribution is 2.29. The zero-order chi connectivity index (χ0) is 12.1. The van der Waals surface area contributed by atoms with Gasteiger partial charge in [0.2, 0.25) is 0 Å². The molecule has 2 rings (SSSR count).